The lowest BCUT2D eigenvalue weighted by atomic mass is 10.1. The molecular weight excluding hydrogens is 351 g/mol. The summed E-state index contributed by atoms with van der Waals surface area (Å²) in [5.74, 6) is 1.44. The van der Waals surface area contributed by atoms with Gasteiger partial charge in [-0.3, -0.25) is 9.79 Å². The van der Waals surface area contributed by atoms with Gasteiger partial charge in [0.1, 0.15) is 5.82 Å². The summed E-state index contributed by atoms with van der Waals surface area (Å²) in [4.78, 5) is 16.0. The van der Waals surface area contributed by atoms with E-state index in [4.69, 9.17) is 9.47 Å². The van der Waals surface area contributed by atoms with Crippen molar-refractivity contribution in [2.75, 3.05) is 32.2 Å². The van der Waals surface area contributed by atoms with E-state index in [0.717, 1.165) is 23.5 Å². The first-order valence-electron chi connectivity index (χ1n) is 8.52. The highest BCUT2D eigenvalue weighted by Crippen LogP contribution is 2.32. The highest BCUT2D eigenvalue weighted by molar-refractivity contribution is 5.94. The molecule has 0 aromatic heterocycles. The molecule has 1 aliphatic heterocycles. The first-order valence-corrected chi connectivity index (χ1v) is 8.52. The summed E-state index contributed by atoms with van der Waals surface area (Å²) in [5.41, 5.74) is 1.64. The number of carbonyl (C=O) groups excluding carboxylic acids is 1. The monoisotopic (exact) mass is 372 g/mol. The van der Waals surface area contributed by atoms with Gasteiger partial charge in [0.15, 0.2) is 17.5 Å². The van der Waals surface area contributed by atoms with Gasteiger partial charge < -0.3 is 25.4 Å². The number of rotatable bonds is 6. The first-order chi connectivity index (χ1) is 13.1. The number of halogens is 1. The number of hydrogen-bond donors (Lipinski definition) is 3. The number of aliphatic imine (C=N–C) groups is 1. The van der Waals surface area contributed by atoms with Gasteiger partial charge in [0.25, 0.3) is 0 Å². The van der Waals surface area contributed by atoms with Crippen LogP contribution in [0.1, 0.15) is 5.56 Å². The van der Waals surface area contributed by atoms with Crippen molar-refractivity contribution >= 4 is 17.6 Å². The molecule has 8 heteroatoms. The lowest BCUT2D eigenvalue weighted by Crippen LogP contribution is -2.42. The molecule has 0 unspecified atom stereocenters. The summed E-state index contributed by atoms with van der Waals surface area (Å²) in [6.45, 7) is 0.938. The Morgan fingerprint density at radius 3 is 2.67 bits per heavy atom. The number of fused-ring (bicyclic) bond motifs is 1. The van der Waals surface area contributed by atoms with Gasteiger partial charge in [-0.1, -0.05) is 6.07 Å². The molecule has 3 N–H and O–H groups in total. The molecule has 2 aromatic carbocycles. The van der Waals surface area contributed by atoms with Crippen LogP contribution in [-0.2, 0) is 11.2 Å². The summed E-state index contributed by atoms with van der Waals surface area (Å²) in [6, 6.07) is 11.4. The van der Waals surface area contributed by atoms with Gasteiger partial charge in [-0.25, -0.2) is 4.39 Å². The number of anilines is 1. The lowest BCUT2D eigenvalue weighted by molar-refractivity contribution is -0.115. The Labute approximate surface area is 156 Å². The molecule has 0 atom stereocenters. The number of carbonyl (C=O) groups is 1. The topological polar surface area (TPSA) is 84.0 Å². The number of hydrogen-bond acceptors (Lipinski definition) is 4. The summed E-state index contributed by atoms with van der Waals surface area (Å²) in [6.07, 6.45) is 0.763. The van der Waals surface area contributed by atoms with Crippen molar-refractivity contribution in [3.63, 3.8) is 0 Å². The minimum absolute atomic E-state index is 0.0427. The Balaban J connectivity index is 1.40. The Hall–Kier alpha value is -3.29. The number of ether oxygens (including phenoxy) is 2. The van der Waals surface area contributed by atoms with Crippen LogP contribution in [0, 0.1) is 5.82 Å². The largest absolute Gasteiger partial charge is 0.454 e. The van der Waals surface area contributed by atoms with Crippen molar-refractivity contribution < 1.29 is 18.7 Å². The molecule has 0 bridgehead atoms. The van der Waals surface area contributed by atoms with Crippen molar-refractivity contribution in [2.45, 2.75) is 6.42 Å². The van der Waals surface area contributed by atoms with Gasteiger partial charge >= 0.3 is 0 Å². The second-order valence-electron chi connectivity index (χ2n) is 5.85. The van der Waals surface area contributed by atoms with E-state index < -0.39 is 0 Å². The maximum Gasteiger partial charge on any atom is 0.243 e. The van der Waals surface area contributed by atoms with Crippen molar-refractivity contribution in [1.29, 1.82) is 0 Å². The van der Waals surface area contributed by atoms with Crippen LogP contribution in [0.4, 0.5) is 10.1 Å². The summed E-state index contributed by atoms with van der Waals surface area (Å²) >= 11 is 0. The van der Waals surface area contributed by atoms with E-state index in [1.807, 2.05) is 18.2 Å². The number of nitrogens with zero attached hydrogens (tertiary/aromatic N) is 1. The molecule has 1 aliphatic rings. The highest BCUT2D eigenvalue weighted by atomic mass is 19.1. The minimum atomic E-state index is -0.349. The second-order valence-corrected chi connectivity index (χ2v) is 5.85. The average molecular weight is 372 g/mol. The van der Waals surface area contributed by atoms with Crippen molar-refractivity contribution in [1.82, 2.24) is 10.6 Å². The SMILES string of the molecule is CN=C(NCCc1ccc2c(c1)OCO2)NCC(=O)Nc1ccc(F)cc1. The van der Waals surface area contributed by atoms with Crippen LogP contribution >= 0.6 is 0 Å². The summed E-state index contributed by atoms with van der Waals surface area (Å²) in [5, 5.41) is 8.76. The fraction of sp³-hybridized carbons (Fsp3) is 0.263. The van der Waals surface area contributed by atoms with Crippen LogP contribution in [0.3, 0.4) is 0 Å². The van der Waals surface area contributed by atoms with E-state index in [1.54, 1.807) is 7.05 Å². The quantitative estimate of drug-likeness (QED) is 0.533. The molecule has 27 heavy (non-hydrogen) atoms. The molecule has 2 aromatic rings. The number of benzene rings is 2. The normalized spacial score (nSPS) is 12.6. The van der Waals surface area contributed by atoms with E-state index in [9.17, 15) is 9.18 Å². The molecule has 7 nitrogen and oxygen atoms in total. The van der Waals surface area contributed by atoms with Crippen LogP contribution in [0.2, 0.25) is 0 Å². The van der Waals surface area contributed by atoms with E-state index in [1.165, 1.54) is 24.3 Å². The molecular formula is C19H21FN4O3. The molecule has 0 aliphatic carbocycles. The molecule has 0 fully saturated rings. The predicted molar refractivity (Wildman–Crippen MR) is 101 cm³/mol. The third-order valence-corrected chi connectivity index (χ3v) is 3.91. The minimum Gasteiger partial charge on any atom is -0.454 e. The van der Waals surface area contributed by atoms with Crippen LogP contribution in [0.5, 0.6) is 11.5 Å². The number of amides is 1. The van der Waals surface area contributed by atoms with Gasteiger partial charge in [-0.15, -0.1) is 0 Å². The van der Waals surface area contributed by atoms with Crippen LogP contribution in [0.15, 0.2) is 47.5 Å². The summed E-state index contributed by atoms with van der Waals surface area (Å²) in [7, 11) is 1.63. The van der Waals surface area contributed by atoms with Gasteiger partial charge in [0, 0.05) is 19.3 Å². The molecule has 0 spiro atoms. The van der Waals surface area contributed by atoms with Crippen LogP contribution < -0.4 is 25.4 Å². The third-order valence-electron chi connectivity index (χ3n) is 3.91. The molecule has 3 rings (SSSR count). The van der Waals surface area contributed by atoms with Gasteiger partial charge in [0.05, 0.1) is 6.54 Å². The fourth-order valence-electron chi connectivity index (χ4n) is 2.54. The smallest absolute Gasteiger partial charge is 0.243 e. The zero-order chi connectivity index (χ0) is 19.1. The van der Waals surface area contributed by atoms with E-state index >= 15 is 0 Å². The third kappa shape index (κ3) is 5.34. The van der Waals surface area contributed by atoms with Crippen LogP contribution in [0.25, 0.3) is 0 Å². The molecule has 1 heterocycles. The van der Waals surface area contributed by atoms with Crippen molar-refractivity contribution in [3.05, 3.63) is 53.8 Å². The van der Waals surface area contributed by atoms with Crippen molar-refractivity contribution in [3.8, 4) is 11.5 Å². The fourth-order valence-corrected chi connectivity index (χ4v) is 2.54. The number of guanidine groups is 1. The standard InChI is InChI=1S/C19H21FN4O3/c1-21-19(23-11-18(25)24-15-5-3-14(20)4-6-15)22-9-8-13-2-7-16-17(10-13)27-12-26-16/h2-7,10H,8-9,11-12H2,1H3,(H,24,25)(H2,21,22,23). The molecule has 1 amide bonds. The Morgan fingerprint density at radius 1 is 1.11 bits per heavy atom. The lowest BCUT2D eigenvalue weighted by Gasteiger charge is -2.12. The molecule has 0 saturated heterocycles. The first kappa shape index (κ1) is 18.5. The van der Waals surface area contributed by atoms with Crippen molar-refractivity contribution in [2.24, 2.45) is 4.99 Å². The zero-order valence-corrected chi connectivity index (χ0v) is 14.9. The maximum atomic E-state index is 12.9. The molecule has 142 valence electrons. The van der Waals surface area contributed by atoms with Crippen LogP contribution in [-0.4, -0.2) is 38.8 Å². The van der Waals surface area contributed by atoms with Gasteiger partial charge in [-0.2, -0.15) is 0 Å². The van der Waals surface area contributed by atoms with E-state index in [0.29, 0.717) is 18.2 Å². The second kappa shape index (κ2) is 8.88. The predicted octanol–water partition coefficient (Wildman–Crippen LogP) is 1.90. The maximum absolute atomic E-state index is 12.9. The average Bonchev–Trinajstić information content (AvgIpc) is 3.14. The summed E-state index contributed by atoms with van der Waals surface area (Å²) < 4.78 is 23.5. The Kier molecular flexibility index (Phi) is 6.09. The molecule has 0 saturated carbocycles. The zero-order valence-electron chi connectivity index (χ0n) is 14.9. The Morgan fingerprint density at radius 2 is 1.89 bits per heavy atom. The van der Waals surface area contributed by atoms with Gasteiger partial charge in [-0.05, 0) is 48.4 Å². The van der Waals surface area contributed by atoms with E-state index in [-0.39, 0.29) is 25.1 Å². The number of nitrogens with one attached hydrogen (secondary N) is 3. The molecule has 0 radical (unpaired) electrons. The van der Waals surface area contributed by atoms with Gasteiger partial charge in [0.2, 0.25) is 12.7 Å². The highest BCUT2D eigenvalue weighted by Gasteiger charge is 2.13. The Bertz CT molecular complexity index is 824. The van der Waals surface area contributed by atoms with E-state index in [2.05, 4.69) is 20.9 Å².